The third-order valence-corrected chi connectivity index (χ3v) is 22.9. The average molecular weight is 1580 g/mol. The Hall–Kier alpha value is -14.1. The van der Waals surface area contributed by atoms with Gasteiger partial charge in [-0.15, -0.1) is 0 Å². The van der Waals surface area contributed by atoms with Crippen molar-refractivity contribution in [2.45, 2.75) is 38.9 Å². The summed E-state index contributed by atoms with van der Waals surface area (Å²) >= 11 is 3.52. The van der Waals surface area contributed by atoms with Crippen LogP contribution in [0.4, 0.5) is 0 Å². The lowest BCUT2D eigenvalue weighted by Gasteiger charge is -2.32. The Labute approximate surface area is 693 Å². The Morgan fingerprint density at radius 1 is 0.212 bits per heavy atom. The third kappa shape index (κ3) is 15.2. The van der Waals surface area contributed by atoms with E-state index in [1.807, 2.05) is 84.9 Å². The van der Waals surface area contributed by atoms with Gasteiger partial charge in [0.25, 0.3) is 0 Å². The molecule has 118 heavy (non-hydrogen) atoms. The van der Waals surface area contributed by atoms with Gasteiger partial charge in [-0.25, -0.2) is 34.9 Å². The van der Waals surface area contributed by atoms with Crippen LogP contribution in [0, 0.1) is 0 Å². The average Bonchev–Trinajstić information content (AvgIpc) is 1.45. The molecule has 0 N–H and O–H groups in total. The number of para-hydroxylation sites is 2. The Morgan fingerprint density at radius 3 is 0.898 bits per heavy atom. The molecule has 0 amide bonds. The topological polar surface area (TPSA) is 122 Å². The number of aromatic nitrogens is 8. The molecular weight excluding hydrogens is 1510 g/mol. The van der Waals surface area contributed by atoms with E-state index in [1.54, 1.807) is 0 Å². The van der Waals surface area contributed by atoms with Crippen molar-refractivity contribution in [3.05, 3.63) is 393 Å². The summed E-state index contributed by atoms with van der Waals surface area (Å²) in [7, 11) is -0.483. The monoisotopic (exact) mass is 1580 g/mol. The third-order valence-electron chi connectivity index (χ3n) is 22.4. The number of rotatable bonds is 12. The van der Waals surface area contributed by atoms with Crippen LogP contribution < -0.4 is 5.59 Å². The molecule has 4 aromatic heterocycles. The van der Waals surface area contributed by atoms with Crippen LogP contribution in [0.2, 0.25) is 0 Å². The molecule has 0 atom stereocenters. The number of fused-ring (bicyclic) bond motifs is 8. The van der Waals surface area contributed by atoms with Crippen molar-refractivity contribution in [1.82, 2.24) is 39.9 Å². The summed E-state index contributed by atoms with van der Waals surface area (Å²) in [6.07, 6.45) is 0. The normalized spacial score (nSPS) is 12.8. The number of hydrogen-bond acceptors (Lipinski definition) is 10. The van der Waals surface area contributed by atoms with E-state index in [0.29, 0.717) is 34.9 Å². The fourth-order valence-corrected chi connectivity index (χ4v) is 15.6. The minimum atomic E-state index is -0.483. The first-order valence-corrected chi connectivity index (χ1v) is 40.4. The van der Waals surface area contributed by atoms with Crippen LogP contribution in [0.3, 0.4) is 0 Å². The molecule has 0 radical (unpaired) electrons. The van der Waals surface area contributed by atoms with E-state index in [4.69, 9.17) is 49.2 Å². The minimum absolute atomic E-state index is 0.395. The molecule has 16 aromatic carbocycles. The van der Waals surface area contributed by atoms with Gasteiger partial charge >= 0.3 is 7.12 Å². The molecule has 562 valence electrons. The Bertz CT molecular complexity index is 7090. The largest absolute Gasteiger partial charge is 0.515 e. The number of nitrogens with zero attached hydrogens (tertiary/aromatic N) is 8. The van der Waals surface area contributed by atoms with Gasteiger partial charge in [-0.1, -0.05) is 344 Å². The second-order valence-corrected chi connectivity index (χ2v) is 31.5. The minimum Gasteiger partial charge on any atom is -0.398 e. The molecule has 20 aromatic rings. The summed E-state index contributed by atoms with van der Waals surface area (Å²) in [5.41, 5.74) is 18.8. The standard InChI is InChI=1S/C50H32N4.C33H22BrN3.C23H22BNO2/c1-3-12-33(13-4-1)34-24-28-38(29-25-34)49-52-48(37-14-5-2-6-15-37)53-50(54-49)42-19-11-18-39(30-42)35-22-26-36(27-23-35)47-45-32-41-17-8-7-16-40(41)31-44(45)43-20-9-10-21-46(43)51-47;34-30-20-18-25(19-21-30)28-12-7-13-29(22-28)33-36-31(26-10-5-2-6-11-26)35-32(37-33)27-16-14-24(15-17-27)23-8-3-1-4-9-23;1-22(2)23(3,4)27-24(26-22)21-19-14-16-10-6-5-9-15(16)13-18(19)17-11-7-8-12-20(17)25-21/h1-32H;1-22H;5-14H,1-4H3. The maximum Gasteiger partial charge on any atom is 0.515 e. The van der Waals surface area contributed by atoms with Crippen molar-refractivity contribution in [3.63, 3.8) is 0 Å². The first-order chi connectivity index (χ1) is 57.8. The molecule has 21 rings (SSSR count). The lowest BCUT2D eigenvalue weighted by atomic mass is 9.79. The van der Waals surface area contributed by atoms with Crippen molar-refractivity contribution < 1.29 is 9.31 Å². The van der Waals surface area contributed by atoms with Crippen LogP contribution in [0.5, 0.6) is 0 Å². The predicted octanol–water partition coefficient (Wildman–Crippen LogP) is 26.5. The second kappa shape index (κ2) is 31.9. The number of pyridine rings is 2. The van der Waals surface area contributed by atoms with E-state index >= 15 is 0 Å². The van der Waals surface area contributed by atoms with Crippen molar-refractivity contribution in [2.24, 2.45) is 0 Å². The smallest absolute Gasteiger partial charge is 0.398 e. The Morgan fingerprint density at radius 2 is 0.483 bits per heavy atom. The highest BCUT2D eigenvalue weighted by Gasteiger charge is 2.53. The van der Waals surface area contributed by atoms with Gasteiger partial charge in [0.1, 0.15) is 0 Å². The zero-order valence-electron chi connectivity index (χ0n) is 65.3. The van der Waals surface area contributed by atoms with Crippen molar-refractivity contribution in [1.29, 1.82) is 0 Å². The number of benzene rings is 16. The molecule has 1 fully saturated rings. The summed E-state index contributed by atoms with van der Waals surface area (Å²) in [6.45, 7) is 8.30. The van der Waals surface area contributed by atoms with E-state index in [0.717, 1.165) is 121 Å². The Balaban J connectivity index is 0.000000125. The molecule has 0 unspecified atom stereocenters. The molecule has 10 nitrogen and oxygen atoms in total. The fourth-order valence-electron chi connectivity index (χ4n) is 15.4. The van der Waals surface area contributed by atoms with E-state index in [9.17, 15) is 0 Å². The quantitative estimate of drug-likeness (QED) is 0.0664. The van der Waals surface area contributed by atoms with Gasteiger partial charge in [-0.05, 0) is 165 Å². The lowest BCUT2D eigenvalue weighted by molar-refractivity contribution is 0.00578. The molecule has 1 aliphatic heterocycles. The Kier molecular flexibility index (Phi) is 20.0. The van der Waals surface area contributed by atoms with E-state index in [2.05, 4.69) is 347 Å². The van der Waals surface area contributed by atoms with Crippen LogP contribution in [0.25, 0.3) is 189 Å². The van der Waals surface area contributed by atoms with E-state index in [1.165, 1.54) is 43.4 Å². The summed E-state index contributed by atoms with van der Waals surface area (Å²) in [5.74, 6) is 3.86. The van der Waals surface area contributed by atoms with Gasteiger partial charge in [0.05, 0.1) is 33.5 Å². The molecule has 5 heterocycles. The molecule has 1 aliphatic rings. The molecule has 0 bridgehead atoms. The first-order valence-electron chi connectivity index (χ1n) is 39.6. The van der Waals surface area contributed by atoms with Crippen LogP contribution >= 0.6 is 15.9 Å². The summed E-state index contributed by atoms with van der Waals surface area (Å²) in [4.78, 5) is 39.8. The van der Waals surface area contributed by atoms with Crippen LogP contribution in [0.1, 0.15) is 27.7 Å². The fraction of sp³-hybridized carbons (Fsp3) is 0.0566. The predicted molar refractivity (Wildman–Crippen MR) is 490 cm³/mol. The highest BCUT2D eigenvalue weighted by Crippen LogP contribution is 2.41. The highest BCUT2D eigenvalue weighted by molar-refractivity contribution is 9.10. The number of halogens is 1. The van der Waals surface area contributed by atoms with Gasteiger partial charge in [-0.2, -0.15) is 0 Å². The SMILES string of the molecule is Brc1ccc(-c2cccc(-c3nc(-c4ccccc4)nc(-c4ccc(-c5ccccc5)cc4)n3)c2)cc1.CC1(C)OB(c2nc3ccccc3c3cc4ccccc4cc23)OC1(C)C.c1ccc(-c2ccc(-c3nc(-c4ccccc4)nc(-c4cccc(-c5ccc(-c6nc7ccccc7c7cc8ccccc8cc67)cc5)c4)n3)cc2)cc1. The van der Waals surface area contributed by atoms with Crippen LogP contribution in [-0.4, -0.2) is 58.2 Å². The molecule has 0 spiro atoms. The van der Waals surface area contributed by atoms with Gasteiger partial charge in [0, 0.05) is 65.0 Å². The first kappa shape index (κ1) is 74.0. The summed E-state index contributed by atoms with van der Waals surface area (Å²) in [6, 6.07) is 134. The van der Waals surface area contributed by atoms with E-state index in [-0.39, 0.29) is 0 Å². The van der Waals surface area contributed by atoms with Crippen LogP contribution in [-0.2, 0) is 9.31 Å². The maximum atomic E-state index is 6.33. The highest BCUT2D eigenvalue weighted by atomic mass is 79.9. The molecule has 12 heteroatoms. The van der Waals surface area contributed by atoms with Crippen LogP contribution in [0.15, 0.2) is 393 Å². The van der Waals surface area contributed by atoms with Gasteiger partial charge in [-0.3, -0.25) is 4.98 Å². The second-order valence-electron chi connectivity index (χ2n) is 30.5. The zero-order valence-corrected chi connectivity index (χ0v) is 66.9. The maximum absolute atomic E-state index is 6.33. The molecule has 0 saturated carbocycles. The lowest BCUT2D eigenvalue weighted by Crippen LogP contribution is -2.41. The van der Waals surface area contributed by atoms with Gasteiger partial charge < -0.3 is 9.31 Å². The summed E-state index contributed by atoms with van der Waals surface area (Å²) in [5, 5.41) is 11.8. The van der Waals surface area contributed by atoms with Crippen molar-refractivity contribution >= 4 is 93.5 Å². The number of hydrogen-bond donors (Lipinski definition) is 0. The molecule has 1 saturated heterocycles. The molecule has 0 aliphatic carbocycles. The van der Waals surface area contributed by atoms with Gasteiger partial charge in [0.15, 0.2) is 34.9 Å². The van der Waals surface area contributed by atoms with Gasteiger partial charge in [0.2, 0.25) is 0 Å². The zero-order chi connectivity index (χ0) is 79.7. The van der Waals surface area contributed by atoms with Crippen molar-refractivity contribution in [3.8, 4) is 124 Å². The van der Waals surface area contributed by atoms with Crippen molar-refractivity contribution in [2.75, 3.05) is 0 Å². The van der Waals surface area contributed by atoms with E-state index < -0.39 is 18.3 Å². The molecular formula is C106H76BBrN8O2. The summed E-state index contributed by atoms with van der Waals surface area (Å²) < 4.78 is 13.7.